The number of carbonyl (C=O) groups excluding carboxylic acids is 5. The number of nitrogens with two attached hydrogens (primary N) is 2. The van der Waals surface area contributed by atoms with Crippen molar-refractivity contribution in [2.24, 2.45) is 11.7 Å². The average molecular weight is 894 g/mol. The van der Waals surface area contributed by atoms with Gasteiger partial charge in [-0.05, 0) is 6.42 Å². The molecule has 2 aromatic heterocycles. The summed E-state index contributed by atoms with van der Waals surface area (Å²) in [6.07, 6.45) is -7.44. The van der Waals surface area contributed by atoms with E-state index in [9.17, 15) is 63.3 Å². The number of carbonyl (C=O) groups is 5. The Labute approximate surface area is 333 Å². The van der Waals surface area contributed by atoms with Crippen molar-refractivity contribution in [2.45, 2.75) is 61.4 Å². The minimum atomic E-state index is -5.99. The van der Waals surface area contributed by atoms with E-state index in [0.29, 0.717) is 12.2 Å². The molecule has 6 rings (SSSR count). The SMILES string of the molecule is NC(=O)C1=CN([C@@H]2O[C@H](COP(=O)(O)OP(=O)(O)OC[C@@]3(C4CC(=O)OOC(=O)/C=C/C(=O)OOC4=O)O[C@@H](n4cnc5c(N)ncnc54)[C@H](O)[C@@H]3O)[C@@H](O)[C@H]2O)C=CC1. The Hall–Kier alpha value is -5.26. The zero-order valence-corrected chi connectivity index (χ0v) is 31.8. The number of aliphatic hydroxyl groups is 4. The molecule has 0 saturated carbocycles. The van der Waals surface area contributed by atoms with E-state index in [4.69, 9.17) is 30.0 Å². The number of ether oxygens (including phenoxy) is 2. The number of phosphoric acid groups is 2. The molecule has 10 N–H and O–H groups in total. The van der Waals surface area contributed by atoms with Crippen LogP contribution in [0.15, 0.2) is 48.9 Å². The van der Waals surface area contributed by atoms with Gasteiger partial charge in [-0.2, -0.15) is 4.31 Å². The topological polar surface area (TPSA) is 423 Å². The van der Waals surface area contributed by atoms with E-state index in [1.54, 1.807) is 0 Å². The maximum Gasteiger partial charge on any atom is 0.481 e. The average Bonchev–Trinajstić information content (AvgIpc) is 3.83. The Bertz CT molecular complexity index is 2240. The molecular formula is C29H33N7O22P2. The molecule has 0 spiro atoms. The number of rotatable bonds is 12. The summed E-state index contributed by atoms with van der Waals surface area (Å²) in [6.45, 7) is -2.74. The highest BCUT2D eigenvalue weighted by Gasteiger charge is 2.63. The molecule has 0 aliphatic carbocycles. The van der Waals surface area contributed by atoms with Gasteiger partial charge in [0.05, 0.1) is 26.0 Å². The first-order valence-electron chi connectivity index (χ1n) is 16.8. The lowest BCUT2D eigenvalue weighted by Gasteiger charge is -2.36. The summed E-state index contributed by atoms with van der Waals surface area (Å²) in [5.74, 6) is -9.68. The second-order valence-electron chi connectivity index (χ2n) is 12.9. The third kappa shape index (κ3) is 9.37. The third-order valence-corrected chi connectivity index (χ3v) is 11.7. The number of fused-ring (bicyclic) bond motifs is 1. The molecule has 2 saturated heterocycles. The van der Waals surface area contributed by atoms with Gasteiger partial charge in [0.25, 0.3) is 0 Å². The summed E-state index contributed by atoms with van der Waals surface area (Å²) >= 11 is 0. The summed E-state index contributed by atoms with van der Waals surface area (Å²) in [4.78, 5) is 113. The predicted octanol–water partition coefficient (Wildman–Crippen LogP) is -3.74. The largest absolute Gasteiger partial charge is 0.481 e. The maximum absolute atomic E-state index is 13.5. The van der Waals surface area contributed by atoms with Gasteiger partial charge in [-0.3, -0.25) is 18.4 Å². The number of hydrogen-bond acceptors (Lipinski definition) is 25. The molecule has 31 heteroatoms. The van der Waals surface area contributed by atoms with E-state index >= 15 is 0 Å². The van der Waals surface area contributed by atoms with Crippen molar-refractivity contribution in [1.82, 2.24) is 24.4 Å². The highest BCUT2D eigenvalue weighted by molar-refractivity contribution is 7.61. The van der Waals surface area contributed by atoms with Crippen molar-refractivity contribution < 1.29 is 106 Å². The first-order chi connectivity index (χ1) is 28.2. The number of imidazole rings is 1. The highest BCUT2D eigenvalue weighted by Crippen LogP contribution is 2.61. The maximum atomic E-state index is 13.5. The Morgan fingerprint density at radius 3 is 2.30 bits per heavy atom. The first kappa shape index (κ1) is 44.3. The third-order valence-electron chi connectivity index (χ3n) is 9.07. The number of aliphatic hydroxyl groups excluding tert-OH is 4. The van der Waals surface area contributed by atoms with Crippen LogP contribution >= 0.6 is 15.6 Å². The van der Waals surface area contributed by atoms with E-state index in [2.05, 4.69) is 38.8 Å². The van der Waals surface area contributed by atoms with E-state index in [1.165, 1.54) is 23.4 Å². The number of phosphoric ester groups is 2. The molecule has 2 fully saturated rings. The zero-order valence-electron chi connectivity index (χ0n) is 30.0. The summed E-state index contributed by atoms with van der Waals surface area (Å²) < 4.78 is 52.5. The monoisotopic (exact) mass is 893 g/mol. The van der Waals surface area contributed by atoms with Crippen LogP contribution in [-0.2, 0) is 75.5 Å². The van der Waals surface area contributed by atoms with Gasteiger partial charge in [0.15, 0.2) is 23.9 Å². The van der Waals surface area contributed by atoms with Crippen LogP contribution in [0.2, 0.25) is 0 Å². The molecule has 0 radical (unpaired) electrons. The number of hydrogen-bond donors (Lipinski definition) is 8. The van der Waals surface area contributed by atoms with E-state index in [1.807, 2.05) is 0 Å². The Kier molecular flexibility index (Phi) is 12.8. The fraction of sp³-hybridized carbons (Fsp3) is 0.448. The lowest BCUT2D eigenvalue weighted by molar-refractivity contribution is -0.272. The number of nitrogen functional groups attached to an aromatic ring is 1. The molecule has 60 heavy (non-hydrogen) atoms. The van der Waals surface area contributed by atoms with Gasteiger partial charge in [-0.25, -0.2) is 62.8 Å². The predicted molar refractivity (Wildman–Crippen MR) is 182 cm³/mol. The number of aromatic nitrogens is 4. The fourth-order valence-corrected chi connectivity index (χ4v) is 8.33. The van der Waals surface area contributed by atoms with Crippen LogP contribution in [-0.4, -0.2) is 140 Å². The van der Waals surface area contributed by atoms with Crippen molar-refractivity contribution in [2.75, 3.05) is 18.9 Å². The van der Waals surface area contributed by atoms with Crippen molar-refractivity contribution in [3.63, 3.8) is 0 Å². The summed E-state index contributed by atoms with van der Waals surface area (Å²) in [6, 6.07) is 0. The van der Waals surface area contributed by atoms with Crippen LogP contribution in [0.4, 0.5) is 5.82 Å². The van der Waals surface area contributed by atoms with Crippen LogP contribution in [0, 0.1) is 5.92 Å². The quantitative estimate of drug-likeness (QED) is 0.0750. The molecule has 4 aliphatic rings. The number of allylic oxidation sites excluding steroid dienone is 1. The second-order valence-corrected chi connectivity index (χ2v) is 16.0. The number of primary amides is 1. The minimum Gasteiger partial charge on any atom is -0.387 e. The lowest BCUT2D eigenvalue weighted by Crippen LogP contribution is -2.56. The van der Waals surface area contributed by atoms with Crippen LogP contribution < -0.4 is 11.5 Å². The molecule has 3 unspecified atom stereocenters. The number of anilines is 1. The molecule has 4 aliphatic heterocycles. The minimum absolute atomic E-state index is 0.0581. The molecule has 1 amide bonds. The molecule has 326 valence electrons. The van der Waals surface area contributed by atoms with Gasteiger partial charge in [0.1, 0.15) is 53.9 Å². The normalized spacial score (nSPS) is 32.7. The van der Waals surface area contributed by atoms with Crippen LogP contribution in [0.3, 0.4) is 0 Å². The second kappa shape index (κ2) is 17.4. The summed E-state index contributed by atoms with van der Waals surface area (Å²) in [5.41, 5.74) is 8.02. The smallest absolute Gasteiger partial charge is 0.387 e. The highest BCUT2D eigenvalue weighted by atomic mass is 31.3. The van der Waals surface area contributed by atoms with Crippen molar-refractivity contribution in [1.29, 1.82) is 0 Å². The van der Waals surface area contributed by atoms with E-state index < -0.39 is 120 Å². The van der Waals surface area contributed by atoms with Crippen molar-refractivity contribution in [3.05, 3.63) is 48.9 Å². The first-order valence-corrected chi connectivity index (χ1v) is 19.8. The van der Waals surface area contributed by atoms with Crippen LogP contribution in [0.5, 0.6) is 0 Å². The van der Waals surface area contributed by atoms with Crippen molar-refractivity contribution in [3.8, 4) is 0 Å². The molecule has 29 nitrogen and oxygen atoms in total. The summed E-state index contributed by atoms with van der Waals surface area (Å²) in [5, 5.41) is 43.9. The lowest BCUT2D eigenvalue weighted by atomic mass is 9.80. The van der Waals surface area contributed by atoms with Crippen LogP contribution in [0.25, 0.3) is 11.2 Å². The number of amides is 1. The standard InChI is InChI=1S/C29H33N7O22P2/c30-23-18-25(33-10-32-23)36(11-34-18)27-21(42)22(43)29(53-27,13-6-17(39)56-54-15(37)3-4-16(38)55-57-28(13)45)9-51-60(48,49)58-59(46,47)50-8-14-19(40)20(41)26(52-14)35-5-1-2-12(7-35)24(31)44/h1,3-5,7,10-11,13-14,19-22,26-27,40-43H,2,6,8-9H2,(H2,31,44)(H,46,47)(H,48,49)(H2,30,32,33)/b4-3+/t13?,14-,19-,20-,21-,22+,26-,27-,29+/m1/s1. The Balaban J connectivity index is 1.23. The Morgan fingerprint density at radius 2 is 1.60 bits per heavy atom. The summed E-state index contributed by atoms with van der Waals surface area (Å²) in [7, 11) is -11.8. The van der Waals surface area contributed by atoms with Gasteiger partial charge in [-0.15, -0.1) is 0 Å². The van der Waals surface area contributed by atoms with E-state index in [-0.39, 0.29) is 29.0 Å². The van der Waals surface area contributed by atoms with E-state index in [0.717, 1.165) is 17.2 Å². The fourth-order valence-electron chi connectivity index (χ4n) is 6.21. The van der Waals surface area contributed by atoms with Gasteiger partial charge < -0.3 is 56.1 Å². The molecule has 2 aromatic rings. The molecular weight excluding hydrogens is 860 g/mol. The van der Waals surface area contributed by atoms with Gasteiger partial charge >= 0.3 is 39.5 Å². The van der Waals surface area contributed by atoms with Gasteiger partial charge in [-0.1, -0.05) is 6.08 Å². The van der Waals surface area contributed by atoms with Crippen molar-refractivity contribution >= 4 is 62.4 Å². The van der Waals surface area contributed by atoms with Crippen LogP contribution in [0.1, 0.15) is 19.1 Å². The van der Waals surface area contributed by atoms with Gasteiger partial charge in [0.2, 0.25) is 5.91 Å². The number of nitrogens with zero attached hydrogens (tertiary/aromatic N) is 5. The molecule has 6 heterocycles. The van der Waals surface area contributed by atoms with Gasteiger partial charge in [0, 0.05) is 30.1 Å². The molecule has 0 aromatic carbocycles. The zero-order chi connectivity index (χ0) is 43.7. The Morgan fingerprint density at radius 1 is 0.917 bits per heavy atom. The molecule has 11 atom stereocenters. The molecule has 0 bridgehead atoms.